The van der Waals surface area contributed by atoms with Crippen molar-refractivity contribution in [3.8, 4) is 0 Å². The summed E-state index contributed by atoms with van der Waals surface area (Å²) in [5, 5.41) is 10.8. The fourth-order valence-corrected chi connectivity index (χ4v) is 4.46. The van der Waals surface area contributed by atoms with E-state index in [0.29, 0.717) is 29.9 Å². The fourth-order valence-electron chi connectivity index (χ4n) is 4.46. The molecule has 2 fully saturated rings. The van der Waals surface area contributed by atoms with Gasteiger partial charge in [-0.25, -0.2) is 4.79 Å². The number of rotatable bonds is 7. The number of esters is 1. The summed E-state index contributed by atoms with van der Waals surface area (Å²) in [6.07, 6.45) is -0.665. The maximum Gasteiger partial charge on any atom is 0.414 e. The van der Waals surface area contributed by atoms with Gasteiger partial charge in [0.15, 0.2) is 0 Å². The molecule has 4 rings (SSSR count). The molecular formula is C28H35N5O5. The second-order valence-electron chi connectivity index (χ2n) is 10.5. The average molecular weight is 522 g/mol. The van der Waals surface area contributed by atoms with Gasteiger partial charge in [0.2, 0.25) is 0 Å². The van der Waals surface area contributed by atoms with Crippen LogP contribution in [-0.4, -0.2) is 91.1 Å². The van der Waals surface area contributed by atoms with E-state index in [9.17, 15) is 14.4 Å². The summed E-state index contributed by atoms with van der Waals surface area (Å²) in [5.41, 5.74) is 1.19. The van der Waals surface area contributed by atoms with Crippen LogP contribution in [0.25, 0.3) is 0 Å². The summed E-state index contributed by atoms with van der Waals surface area (Å²) >= 11 is 0. The lowest BCUT2D eigenvalue weighted by Gasteiger charge is -2.35. The van der Waals surface area contributed by atoms with Gasteiger partial charge in [-0.3, -0.25) is 29.7 Å². The minimum atomic E-state index is -0.489. The van der Waals surface area contributed by atoms with Crippen molar-refractivity contribution in [2.75, 3.05) is 50.7 Å². The lowest BCUT2D eigenvalue weighted by Crippen LogP contribution is -2.50. The quantitative estimate of drug-likeness (QED) is 0.327. The zero-order chi connectivity index (χ0) is 27.3. The molecule has 1 atom stereocenters. The number of piperazine rings is 1. The van der Waals surface area contributed by atoms with E-state index in [1.54, 1.807) is 53.4 Å². The van der Waals surface area contributed by atoms with Crippen LogP contribution in [-0.2, 0) is 14.3 Å². The topological polar surface area (TPSA) is 115 Å². The van der Waals surface area contributed by atoms with Crippen LogP contribution in [0.4, 0.5) is 10.5 Å². The first kappa shape index (κ1) is 27.3. The Morgan fingerprint density at radius 2 is 1.61 bits per heavy atom. The van der Waals surface area contributed by atoms with Gasteiger partial charge < -0.3 is 14.8 Å². The van der Waals surface area contributed by atoms with E-state index in [0.717, 1.165) is 26.2 Å². The summed E-state index contributed by atoms with van der Waals surface area (Å²) in [4.78, 5) is 42.9. The van der Waals surface area contributed by atoms with Gasteiger partial charge in [-0.1, -0.05) is 18.2 Å². The van der Waals surface area contributed by atoms with Crippen LogP contribution in [0.1, 0.15) is 36.7 Å². The Hall–Kier alpha value is -3.76. The zero-order valence-electron chi connectivity index (χ0n) is 22.1. The third-order valence-electron chi connectivity index (χ3n) is 6.32. The number of amides is 2. The van der Waals surface area contributed by atoms with E-state index in [1.165, 1.54) is 0 Å². The maximum atomic E-state index is 12.6. The third-order valence-corrected chi connectivity index (χ3v) is 6.32. The van der Waals surface area contributed by atoms with E-state index >= 15 is 0 Å². The number of hydrogen-bond donors (Lipinski definition) is 2. The van der Waals surface area contributed by atoms with Gasteiger partial charge in [0.05, 0.1) is 13.1 Å². The number of nitrogens with zero attached hydrogens (tertiary/aromatic N) is 3. The van der Waals surface area contributed by atoms with Crippen molar-refractivity contribution in [1.29, 1.82) is 5.41 Å². The molecule has 2 aromatic rings. The standard InChI is InChI=1S/C28H35N5O5/c1-28(2,3)38-24(34)19-32-15-13-31(14-16-32)17-23-18-33(27(36)37-23)22-11-9-20(10-12-22)25(29)30-26(35)21-7-5-4-6-8-21/h4-12,23H,13-19H2,1-3H3,(H2,29,30,35)/t23-/m1/s1. The van der Waals surface area contributed by atoms with Crippen LogP contribution in [0.15, 0.2) is 54.6 Å². The monoisotopic (exact) mass is 521 g/mol. The number of carbonyl (C=O) groups excluding carboxylic acids is 3. The maximum absolute atomic E-state index is 12.6. The number of anilines is 1. The number of cyclic esters (lactones) is 1. The van der Waals surface area contributed by atoms with E-state index in [-0.39, 0.29) is 30.4 Å². The summed E-state index contributed by atoms with van der Waals surface area (Å²) < 4.78 is 11.0. The molecule has 0 saturated carbocycles. The van der Waals surface area contributed by atoms with Gasteiger partial charge >= 0.3 is 12.1 Å². The molecule has 0 bridgehead atoms. The Labute approximate surface area is 223 Å². The number of amidine groups is 1. The summed E-state index contributed by atoms with van der Waals surface area (Å²) in [6, 6.07) is 15.6. The highest BCUT2D eigenvalue weighted by Gasteiger charge is 2.34. The molecule has 2 heterocycles. The second kappa shape index (κ2) is 11.7. The van der Waals surface area contributed by atoms with Gasteiger partial charge in [-0.2, -0.15) is 0 Å². The van der Waals surface area contributed by atoms with E-state index in [4.69, 9.17) is 14.9 Å². The molecular weight excluding hydrogens is 486 g/mol. The number of nitrogens with one attached hydrogen (secondary N) is 2. The van der Waals surface area contributed by atoms with Crippen molar-refractivity contribution in [1.82, 2.24) is 15.1 Å². The van der Waals surface area contributed by atoms with Crippen LogP contribution in [0, 0.1) is 5.41 Å². The fraction of sp³-hybridized carbons (Fsp3) is 0.429. The number of ether oxygens (including phenoxy) is 2. The van der Waals surface area contributed by atoms with Crippen molar-refractivity contribution in [2.45, 2.75) is 32.5 Å². The lowest BCUT2D eigenvalue weighted by atomic mass is 10.1. The Morgan fingerprint density at radius 1 is 0.974 bits per heavy atom. The average Bonchev–Trinajstić information content (AvgIpc) is 3.24. The number of benzene rings is 2. The van der Waals surface area contributed by atoms with Gasteiger partial charge in [0, 0.05) is 49.5 Å². The summed E-state index contributed by atoms with van der Waals surface area (Å²) in [7, 11) is 0. The lowest BCUT2D eigenvalue weighted by molar-refractivity contribution is -0.156. The first-order chi connectivity index (χ1) is 18.1. The Bertz CT molecular complexity index is 1150. The molecule has 2 N–H and O–H groups in total. The number of hydrogen-bond acceptors (Lipinski definition) is 8. The molecule has 0 spiro atoms. The van der Waals surface area contributed by atoms with E-state index < -0.39 is 11.7 Å². The van der Waals surface area contributed by atoms with Crippen molar-refractivity contribution in [3.05, 3.63) is 65.7 Å². The van der Waals surface area contributed by atoms with Crippen LogP contribution < -0.4 is 10.2 Å². The van der Waals surface area contributed by atoms with Gasteiger partial charge in [0.25, 0.3) is 5.91 Å². The minimum Gasteiger partial charge on any atom is -0.459 e. The zero-order valence-corrected chi connectivity index (χ0v) is 22.1. The molecule has 0 aliphatic carbocycles. The summed E-state index contributed by atoms with van der Waals surface area (Å²) in [5.74, 6) is -0.583. The van der Waals surface area contributed by atoms with Crippen LogP contribution in [0.2, 0.25) is 0 Å². The first-order valence-corrected chi connectivity index (χ1v) is 12.8. The van der Waals surface area contributed by atoms with Crippen LogP contribution in [0.5, 0.6) is 0 Å². The van der Waals surface area contributed by atoms with Crippen LogP contribution >= 0.6 is 0 Å². The number of carbonyl (C=O) groups is 3. The third kappa shape index (κ3) is 7.39. The Morgan fingerprint density at radius 3 is 2.24 bits per heavy atom. The predicted molar refractivity (Wildman–Crippen MR) is 144 cm³/mol. The normalized spacial score (nSPS) is 18.7. The highest BCUT2D eigenvalue weighted by molar-refractivity contribution is 6.11. The molecule has 0 unspecified atom stereocenters. The van der Waals surface area contributed by atoms with Gasteiger partial charge in [-0.15, -0.1) is 0 Å². The molecule has 2 aliphatic heterocycles. The van der Waals surface area contributed by atoms with Crippen molar-refractivity contribution < 1.29 is 23.9 Å². The SMILES string of the molecule is CC(C)(C)OC(=O)CN1CCN(C[C@@H]2CN(c3ccc(C(=N)NC(=O)c4ccccc4)cc3)C(=O)O2)CC1. The molecule has 0 radical (unpaired) electrons. The molecule has 0 aromatic heterocycles. The molecule has 2 saturated heterocycles. The molecule has 10 heteroatoms. The molecule has 2 aromatic carbocycles. The van der Waals surface area contributed by atoms with E-state index in [1.807, 2.05) is 26.8 Å². The van der Waals surface area contributed by atoms with E-state index in [2.05, 4.69) is 15.1 Å². The van der Waals surface area contributed by atoms with Gasteiger partial charge in [-0.05, 0) is 57.2 Å². The molecule has 2 amide bonds. The smallest absolute Gasteiger partial charge is 0.414 e. The van der Waals surface area contributed by atoms with Crippen molar-refractivity contribution in [3.63, 3.8) is 0 Å². The summed E-state index contributed by atoms with van der Waals surface area (Å²) in [6.45, 7) is 9.97. The predicted octanol–water partition coefficient (Wildman–Crippen LogP) is 2.73. The molecule has 202 valence electrons. The highest BCUT2D eigenvalue weighted by atomic mass is 16.6. The Balaban J connectivity index is 1.24. The van der Waals surface area contributed by atoms with Gasteiger partial charge in [0.1, 0.15) is 17.5 Å². The first-order valence-electron chi connectivity index (χ1n) is 12.8. The Kier molecular flexibility index (Phi) is 8.43. The second-order valence-corrected chi connectivity index (χ2v) is 10.5. The largest absolute Gasteiger partial charge is 0.459 e. The van der Waals surface area contributed by atoms with Crippen molar-refractivity contribution in [2.24, 2.45) is 0 Å². The highest BCUT2D eigenvalue weighted by Crippen LogP contribution is 2.23. The molecule has 10 nitrogen and oxygen atoms in total. The molecule has 2 aliphatic rings. The minimum absolute atomic E-state index is 0.0157. The molecule has 38 heavy (non-hydrogen) atoms. The van der Waals surface area contributed by atoms with Crippen LogP contribution in [0.3, 0.4) is 0 Å². The van der Waals surface area contributed by atoms with Crippen molar-refractivity contribution >= 4 is 29.5 Å².